The van der Waals surface area contributed by atoms with Crippen LogP contribution in [0.4, 0.5) is 0 Å². The first-order chi connectivity index (χ1) is 25.1. The highest BCUT2D eigenvalue weighted by molar-refractivity contribution is 5.64. The van der Waals surface area contributed by atoms with Gasteiger partial charge in [0.05, 0.1) is 11.5 Å². The highest BCUT2D eigenvalue weighted by atomic mass is 17.2. The molecular formula is C47H50O4. The molecule has 2 aliphatic carbocycles. The number of hydrogen-bond acceptors (Lipinski definition) is 4. The molecule has 4 atom stereocenters. The van der Waals surface area contributed by atoms with E-state index < -0.39 is 11.7 Å². The molecule has 8 rings (SSSR count). The second-order valence-corrected chi connectivity index (χ2v) is 15.0. The van der Waals surface area contributed by atoms with Gasteiger partial charge in [-0.25, -0.2) is 0 Å². The van der Waals surface area contributed by atoms with Gasteiger partial charge >= 0.3 is 0 Å². The minimum absolute atomic E-state index is 0.0125. The van der Waals surface area contributed by atoms with Crippen molar-refractivity contribution in [1.82, 2.24) is 0 Å². The van der Waals surface area contributed by atoms with E-state index in [2.05, 4.69) is 111 Å². The van der Waals surface area contributed by atoms with Crippen molar-refractivity contribution in [2.45, 2.75) is 102 Å². The molecule has 0 aromatic heterocycles. The van der Waals surface area contributed by atoms with Crippen LogP contribution in [0.5, 0.6) is 11.5 Å². The zero-order chi connectivity index (χ0) is 34.6. The summed E-state index contributed by atoms with van der Waals surface area (Å²) in [5.41, 5.74) is 11.3. The Morgan fingerprint density at radius 2 is 1.47 bits per heavy atom. The fourth-order valence-corrected chi connectivity index (χ4v) is 8.55. The van der Waals surface area contributed by atoms with Crippen molar-refractivity contribution in [3.63, 3.8) is 0 Å². The fraction of sp³-hybridized carbons (Fsp3) is 0.362. The molecule has 0 saturated heterocycles. The van der Waals surface area contributed by atoms with Crippen molar-refractivity contribution in [3.05, 3.63) is 154 Å². The number of aryl methyl sites for hydroxylation is 3. The van der Waals surface area contributed by atoms with E-state index in [0.29, 0.717) is 5.75 Å². The minimum atomic E-state index is -0.668. The number of ether oxygens (including phenoxy) is 2. The van der Waals surface area contributed by atoms with Gasteiger partial charge in [0.25, 0.3) is 0 Å². The first-order valence-corrected chi connectivity index (χ1v) is 19.2. The molecule has 4 heteroatoms. The Labute approximate surface area is 303 Å². The van der Waals surface area contributed by atoms with E-state index in [1.807, 2.05) is 18.2 Å². The normalized spacial score (nSPS) is 20.4. The van der Waals surface area contributed by atoms with Gasteiger partial charge in [-0.05, 0) is 121 Å². The molecule has 3 aliphatic rings. The van der Waals surface area contributed by atoms with Gasteiger partial charge in [-0.1, -0.05) is 117 Å². The van der Waals surface area contributed by atoms with Crippen LogP contribution in [0.15, 0.2) is 115 Å². The third-order valence-electron chi connectivity index (χ3n) is 11.5. The standard InChI is InChI=1S/C47H50O4/c1-3-4-6-13-33-20-22-34(23-21-33)35-24-28-39(29-25-35)51-48-32-47(2,38-16-7-5-8-17-38)46-49-42-30-26-36-14-9-11-18-40(36)44(42)45-41-19-12-10-15-37(41)27-31-43(45)50-46/h5,7-9,11,14,16-18,20-25,27-29,31,42,44,46H,3-4,6,10,12-13,15,19,26,30,32H2,1-2H3/t42-,44+,46?,47-/m1/s1. The maximum atomic E-state index is 7.21. The van der Waals surface area contributed by atoms with Crippen LogP contribution in [-0.2, 0) is 40.7 Å². The van der Waals surface area contributed by atoms with E-state index >= 15 is 0 Å². The lowest BCUT2D eigenvalue weighted by atomic mass is 9.73. The van der Waals surface area contributed by atoms with Crippen molar-refractivity contribution in [2.75, 3.05) is 6.61 Å². The molecule has 5 aromatic carbocycles. The molecule has 0 bridgehead atoms. The van der Waals surface area contributed by atoms with E-state index in [0.717, 1.165) is 49.0 Å². The molecule has 262 valence electrons. The molecule has 0 fully saturated rings. The zero-order valence-electron chi connectivity index (χ0n) is 30.1. The average Bonchev–Trinajstić information content (AvgIpc) is 3.37. The highest BCUT2D eigenvalue weighted by Crippen LogP contribution is 2.50. The largest absolute Gasteiger partial charge is 0.464 e. The molecule has 0 saturated carbocycles. The second kappa shape index (κ2) is 15.1. The number of rotatable bonds is 11. The summed E-state index contributed by atoms with van der Waals surface area (Å²) in [4.78, 5) is 12.1. The summed E-state index contributed by atoms with van der Waals surface area (Å²) in [6.07, 6.45) is 10.9. The van der Waals surface area contributed by atoms with Crippen LogP contribution in [0.1, 0.15) is 97.2 Å². The lowest BCUT2D eigenvalue weighted by Crippen LogP contribution is -2.48. The van der Waals surface area contributed by atoms with Crippen LogP contribution in [-0.4, -0.2) is 19.0 Å². The molecule has 0 N–H and O–H groups in total. The van der Waals surface area contributed by atoms with Gasteiger partial charge in [0.15, 0.2) is 5.75 Å². The molecule has 1 aliphatic heterocycles. The van der Waals surface area contributed by atoms with Gasteiger partial charge in [-0.3, -0.25) is 0 Å². The Bertz CT molecular complexity index is 1920. The van der Waals surface area contributed by atoms with Gasteiger partial charge < -0.3 is 14.4 Å². The molecule has 1 heterocycles. The van der Waals surface area contributed by atoms with Crippen LogP contribution in [0.2, 0.25) is 0 Å². The smallest absolute Gasteiger partial charge is 0.212 e. The Balaban J connectivity index is 1.05. The number of benzene rings is 5. The van der Waals surface area contributed by atoms with Crippen molar-refractivity contribution in [1.29, 1.82) is 0 Å². The summed E-state index contributed by atoms with van der Waals surface area (Å²) in [5, 5.41) is 0. The van der Waals surface area contributed by atoms with E-state index in [1.54, 1.807) is 0 Å². The first-order valence-electron chi connectivity index (χ1n) is 19.2. The zero-order valence-corrected chi connectivity index (χ0v) is 30.1. The summed E-state index contributed by atoms with van der Waals surface area (Å²) >= 11 is 0. The Morgan fingerprint density at radius 3 is 2.27 bits per heavy atom. The van der Waals surface area contributed by atoms with E-state index in [4.69, 9.17) is 19.2 Å². The summed E-state index contributed by atoms with van der Waals surface area (Å²) < 4.78 is 14.3. The lowest BCUT2D eigenvalue weighted by molar-refractivity contribution is -0.247. The molecule has 51 heavy (non-hydrogen) atoms. The van der Waals surface area contributed by atoms with E-state index in [-0.39, 0.29) is 18.6 Å². The SMILES string of the molecule is CCCCCc1ccc(-c2ccc(OOC[C@](C)(c3ccccc3)C3Oc4ccc5c(c4[C@H]4c6ccccc6CC[C@H]4O3)CCCC5)cc2)cc1. The summed E-state index contributed by atoms with van der Waals surface area (Å²) in [5.74, 6) is 1.74. The summed E-state index contributed by atoms with van der Waals surface area (Å²) in [7, 11) is 0. The predicted octanol–water partition coefficient (Wildman–Crippen LogP) is 11.1. The number of fused-ring (bicyclic) bond motifs is 7. The molecule has 4 nitrogen and oxygen atoms in total. The number of hydrogen-bond donors (Lipinski definition) is 0. The highest BCUT2D eigenvalue weighted by Gasteiger charge is 2.47. The topological polar surface area (TPSA) is 36.9 Å². The Morgan fingerprint density at radius 1 is 0.725 bits per heavy atom. The predicted molar refractivity (Wildman–Crippen MR) is 204 cm³/mol. The fourth-order valence-electron chi connectivity index (χ4n) is 8.55. The third-order valence-corrected chi connectivity index (χ3v) is 11.5. The average molecular weight is 679 g/mol. The molecule has 5 aromatic rings. The van der Waals surface area contributed by atoms with Crippen molar-refractivity contribution in [3.8, 4) is 22.6 Å². The Kier molecular flexibility index (Phi) is 9.98. The maximum absolute atomic E-state index is 7.21. The monoisotopic (exact) mass is 678 g/mol. The number of unbranched alkanes of at least 4 members (excludes halogenated alkanes) is 2. The molecule has 0 radical (unpaired) electrons. The summed E-state index contributed by atoms with van der Waals surface area (Å²) in [6.45, 7) is 4.68. The van der Waals surface area contributed by atoms with Crippen LogP contribution in [0.3, 0.4) is 0 Å². The minimum Gasteiger partial charge on any atom is -0.464 e. The van der Waals surface area contributed by atoms with Gasteiger partial charge in [0.2, 0.25) is 6.29 Å². The molecular weight excluding hydrogens is 629 g/mol. The van der Waals surface area contributed by atoms with Gasteiger partial charge in [0, 0.05) is 11.5 Å². The quantitative estimate of drug-likeness (QED) is 0.0791. The van der Waals surface area contributed by atoms with Crippen molar-refractivity contribution < 1.29 is 19.2 Å². The van der Waals surface area contributed by atoms with Gasteiger partial charge in [0.1, 0.15) is 12.4 Å². The van der Waals surface area contributed by atoms with E-state index in [9.17, 15) is 0 Å². The van der Waals surface area contributed by atoms with Crippen LogP contribution in [0, 0.1) is 0 Å². The van der Waals surface area contributed by atoms with Crippen LogP contribution >= 0.6 is 0 Å². The van der Waals surface area contributed by atoms with Gasteiger partial charge in [-0.2, -0.15) is 4.89 Å². The molecule has 0 spiro atoms. The van der Waals surface area contributed by atoms with Crippen LogP contribution < -0.4 is 9.62 Å². The molecule has 1 unspecified atom stereocenters. The molecule has 0 amide bonds. The van der Waals surface area contributed by atoms with E-state index in [1.165, 1.54) is 71.0 Å². The second-order valence-electron chi connectivity index (χ2n) is 15.0. The first kappa shape index (κ1) is 33.7. The summed E-state index contributed by atoms with van der Waals surface area (Å²) in [6, 6.07) is 41.0. The van der Waals surface area contributed by atoms with Gasteiger partial charge in [-0.15, -0.1) is 0 Å². The maximum Gasteiger partial charge on any atom is 0.212 e. The Hall–Kier alpha value is -4.38. The van der Waals surface area contributed by atoms with Crippen molar-refractivity contribution in [2.24, 2.45) is 0 Å². The van der Waals surface area contributed by atoms with Crippen LogP contribution in [0.25, 0.3) is 11.1 Å². The lowest BCUT2D eigenvalue weighted by Gasteiger charge is -2.39. The third kappa shape index (κ3) is 6.97. The van der Waals surface area contributed by atoms with Crippen molar-refractivity contribution >= 4 is 0 Å².